The molecule has 0 atom stereocenters. The normalized spacial score (nSPS) is 12.6. The van der Waals surface area contributed by atoms with E-state index >= 15 is 0 Å². The quantitative estimate of drug-likeness (QED) is 0.645. The molecule has 0 aliphatic carbocycles. The van der Waals surface area contributed by atoms with Crippen LogP contribution in [0.25, 0.3) is 0 Å². The van der Waals surface area contributed by atoms with Crippen LogP contribution in [0.1, 0.15) is 51.7 Å². The minimum Gasteiger partial charge on any atom is -0.357 e. The molecule has 4 nitrogen and oxygen atoms in total. The van der Waals surface area contributed by atoms with Gasteiger partial charge in [-0.25, -0.2) is 9.98 Å². The van der Waals surface area contributed by atoms with E-state index in [4.69, 9.17) is 0 Å². The number of hydrogen-bond acceptors (Lipinski definition) is 3. The van der Waals surface area contributed by atoms with E-state index in [-0.39, 0.29) is 5.41 Å². The molecule has 0 bridgehead atoms. The number of aliphatic imine (C=N–C) groups is 1. The molecule has 1 aromatic heterocycles. The summed E-state index contributed by atoms with van der Waals surface area (Å²) in [7, 11) is 0. The van der Waals surface area contributed by atoms with Crippen LogP contribution in [0.5, 0.6) is 0 Å². The molecule has 1 aromatic rings. The predicted molar refractivity (Wildman–Crippen MR) is 83.9 cm³/mol. The van der Waals surface area contributed by atoms with E-state index in [1.54, 1.807) is 11.3 Å². The standard InChI is InChI=1S/C14H26N4S/c1-6-8-16-13(15-7-2)17-9-12-18-11(10-19-12)14(3,4)5/h10H,6-9H2,1-5H3,(H2,15,16,17). The summed E-state index contributed by atoms with van der Waals surface area (Å²) in [4.78, 5) is 9.21. The summed E-state index contributed by atoms with van der Waals surface area (Å²) in [6.07, 6.45) is 1.09. The molecule has 5 heteroatoms. The van der Waals surface area contributed by atoms with Crippen molar-refractivity contribution in [2.75, 3.05) is 13.1 Å². The van der Waals surface area contributed by atoms with Crippen LogP contribution < -0.4 is 10.6 Å². The number of hydrogen-bond donors (Lipinski definition) is 2. The van der Waals surface area contributed by atoms with E-state index in [0.717, 1.165) is 36.2 Å². The summed E-state index contributed by atoms with van der Waals surface area (Å²) in [6, 6.07) is 0. The van der Waals surface area contributed by atoms with Crippen LogP contribution in [0.3, 0.4) is 0 Å². The first-order valence-electron chi connectivity index (χ1n) is 6.94. The number of nitrogens with one attached hydrogen (secondary N) is 2. The Bertz CT molecular complexity index is 404. The van der Waals surface area contributed by atoms with Gasteiger partial charge < -0.3 is 10.6 Å². The molecule has 0 aliphatic heterocycles. The molecule has 0 spiro atoms. The number of nitrogens with zero attached hydrogens (tertiary/aromatic N) is 2. The molecular formula is C14H26N4S. The molecule has 2 N–H and O–H groups in total. The molecule has 0 amide bonds. The summed E-state index contributed by atoms with van der Waals surface area (Å²) >= 11 is 1.69. The van der Waals surface area contributed by atoms with Gasteiger partial charge in [-0.15, -0.1) is 11.3 Å². The van der Waals surface area contributed by atoms with Gasteiger partial charge in [0.25, 0.3) is 0 Å². The molecule has 0 fully saturated rings. The third-order valence-electron chi connectivity index (χ3n) is 2.58. The first kappa shape index (κ1) is 16.0. The lowest BCUT2D eigenvalue weighted by Gasteiger charge is -2.14. The number of rotatable bonds is 5. The monoisotopic (exact) mass is 282 g/mol. The van der Waals surface area contributed by atoms with Gasteiger partial charge in [0.05, 0.1) is 12.2 Å². The highest BCUT2D eigenvalue weighted by Crippen LogP contribution is 2.24. The van der Waals surface area contributed by atoms with E-state index in [2.05, 4.69) is 60.6 Å². The lowest BCUT2D eigenvalue weighted by molar-refractivity contribution is 0.571. The Labute approximate surface area is 120 Å². The van der Waals surface area contributed by atoms with Gasteiger partial charge in [0.1, 0.15) is 5.01 Å². The highest BCUT2D eigenvalue weighted by atomic mass is 32.1. The fourth-order valence-electron chi connectivity index (χ4n) is 1.46. The Kier molecular flexibility index (Phi) is 6.28. The van der Waals surface area contributed by atoms with Gasteiger partial charge in [0.15, 0.2) is 5.96 Å². The van der Waals surface area contributed by atoms with E-state index in [1.165, 1.54) is 0 Å². The first-order valence-corrected chi connectivity index (χ1v) is 7.82. The summed E-state index contributed by atoms with van der Waals surface area (Å²) in [5.41, 5.74) is 1.26. The van der Waals surface area contributed by atoms with Crippen LogP contribution >= 0.6 is 11.3 Å². The fraction of sp³-hybridized carbons (Fsp3) is 0.714. The van der Waals surface area contributed by atoms with Crippen LogP contribution in [0.2, 0.25) is 0 Å². The van der Waals surface area contributed by atoms with Crippen molar-refractivity contribution in [3.63, 3.8) is 0 Å². The zero-order valence-corrected chi connectivity index (χ0v) is 13.5. The molecule has 0 unspecified atom stereocenters. The molecule has 0 saturated carbocycles. The molecule has 108 valence electrons. The zero-order valence-electron chi connectivity index (χ0n) is 12.7. The minimum absolute atomic E-state index is 0.115. The van der Waals surface area contributed by atoms with Crippen LogP contribution in [-0.2, 0) is 12.0 Å². The van der Waals surface area contributed by atoms with Crippen LogP contribution in [0, 0.1) is 0 Å². The van der Waals surface area contributed by atoms with Gasteiger partial charge in [0.2, 0.25) is 0 Å². The van der Waals surface area contributed by atoms with E-state index in [9.17, 15) is 0 Å². The van der Waals surface area contributed by atoms with Crippen molar-refractivity contribution in [3.8, 4) is 0 Å². The van der Waals surface area contributed by atoms with Gasteiger partial charge in [-0.2, -0.15) is 0 Å². The van der Waals surface area contributed by atoms with Gasteiger partial charge >= 0.3 is 0 Å². The second-order valence-electron chi connectivity index (χ2n) is 5.50. The van der Waals surface area contributed by atoms with Crippen LogP contribution in [0.15, 0.2) is 10.4 Å². The maximum absolute atomic E-state index is 4.65. The summed E-state index contributed by atoms with van der Waals surface area (Å²) in [5, 5.41) is 9.74. The fourth-order valence-corrected chi connectivity index (χ4v) is 2.40. The lowest BCUT2D eigenvalue weighted by atomic mass is 9.93. The van der Waals surface area contributed by atoms with Crippen LogP contribution in [0.4, 0.5) is 0 Å². The van der Waals surface area contributed by atoms with Gasteiger partial charge in [-0.05, 0) is 13.3 Å². The van der Waals surface area contributed by atoms with Crippen molar-refractivity contribution in [1.82, 2.24) is 15.6 Å². The van der Waals surface area contributed by atoms with E-state index in [1.807, 2.05) is 0 Å². The van der Waals surface area contributed by atoms with Crippen LogP contribution in [-0.4, -0.2) is 24.0 Å². The number of thiazole rings is 1. The summed E-state index contributed by atoms with van der Waals surface area (Å²) < 4.78 is 0. The molecule has 0 aromatic carbocycles. The molecule has 0 saturated heterocycles. The Hall–Kier alpha value is -1.10. The van der Waals surface area contributed by atoms with Crippen molar-refractivity contribution in [3.05, 3.63) is 16.1 Å². The Balaban J connectivity index is 2.64. The number of guanidine groups is 1. The largest absolute Gasteiger partial charge is 0.357 e. The second-order valence-corrected chi connectivity index (χ2v) is 6.44. The molecule has 0 aliphatic rings. The van der Waals surface area contributed by atoms with Crippen molar-refractivity contribution in [2.24, 2.45) is 4.99 Å². The second kappa shape index (κ2) is 7.48. The Morgan fingerprint density at radius 2 is 2.05 bits per heavy atom. The van der Waals surface area contributed by atoms with E-state index < -0.39 is 0 Å². The SMILES string of the molecule is CCCNC(=NCc1nc(C(C)(C)C)cs1)NCC. The average Bonchev–Trinajstić information content (AvgIpc) is 2.81. The molecule has 0 radical (unpaired) electrons. The Morgan fingerprint density at radius 3 is 2.58 bits per heavy atom. The molecule has 1 rings (SSSR count). The van der Waals surface area contributed by atoms with Crippen molar-refractivity contribution in [1.29, 1.82) is 0 Å². The van der Waals surface area contributed by atoms with Gasteiger partial charge in [0, 0.05) is 23.9 Å². The highest BCUT2D eigenvalue weighted by Gasteiger charge is 2.17. The number of aromatic nitrogens is 1. The maximum atomic E-state index is 4.65. The third kappa shape index (κ3) is 5.59. The zero-order chi connectivity index (χ0) is 14.3. The van der Waals surface area contributed by atoms with Crippen molar-refractivity contribution < 1.29 is 0 Å². The predicted octanol–water partition coefficient (Wildman–Crippen LogP) is 2.91. The van der Waals surface area contributed by atoms with E-state index in [0.29, 0.717) is 6.54 Å². The summed E-state index contributed by atoms with van der Waals surface area (Å²) in [6.45, 7) is 13.2. The molecular weight excluding hydrogens is 256 g/mol. The van der Waals surface area contributed by atoms with Crippen molar-refractivity contribution in [2.45, 2.75) is 53.0 Å². The minimum atomic E-state index is 0.115. The smallest absolute Gasteiger partial charge is 0.191 e. The summed E-state index contributed by atoms with van der Waals surface area (Å²) in [5.74, 6) is 0.872. The third-order valence-corrected chi connectivity index (χ3v) is 3.41. The van der Waals surface area contributed by atoms with Crippen molar-refractivity contribution >= 4 is 17.3 Å². The molecule has 19 heavy (non-hydrogen) atoms. The first-order chi connectivity index (χ1) is 8.97. The topological polar surface area (TPSA) is 49.3 Å². The van der Waals surface area contributed by atoms with Gasteiger partial charge in [-0.3, -0.25) is 0 Å². The lowest BCUT2D eigenvalue weighted by Crippen LogP contribution is -2.37. The molecule has 1 heterocycles. The maximum Gasteiger partial charge on any atom is 0.191 e. The average molecular weight is 282 g/mol. The highest BCUT2D eigenvalue weighted by molar-refractivity contribution is 7.09. The Morgan fingerprint density at radius 1 is 1.32 bits per heavy atom. The van der Waals surface area contributed by atoms with Gasteiger partial charge in [-0.1, -0.05) is 27.7 Å².